The van der Waals surface area contributed by atoms with Gasteiger partial charge in [0.25, 0.3) is 0 Å². The monoisotopic (exact) mass is 174 g/mol. The topological polar surface area (TPSA) is 0 Å². The number of hydrogen-bond acceptors (Lipinski definition) is 0. The van der Waals surface area contributed by atoms with Crippen LogP contribution in [0.2, 0.25) is 0 Å². The van der Waals surface area contributed by atoms with Gasteiger partial charge in [0.1, 0.15) is 0 Å². The molecule has 0 N–H and O–H groups in total. The number of halogens is 1. The molecule has 0 aliphatic carbocycles. The number of allylic oxidation sites excluding steroid dienone is 3. The Hall–Kier alpha value is -0.0400. The molecule has 0 saturated heterocycles. The number of rotatable bonds is 3. The first-order valence-corrected chi connectivity index (χ1v) is 3.75. The lowest BCUT2D eigenvalue weighted by molar-refractivity contribution is 0.959. The summed E-state index contributed by atoms with van der Waals surface area (Å²) in [5, 5.41) is 0. The fraction of sp³-hybridized carbons (Fsp3) is 0.429. The summed E-state index contributed by atoms with van der Waals surface area (Å²) in [7, 11) is 0. The van der Waals surface area contributed by atoms with Crippen LogP contribution in [-0.4, -0.2) is 0 Å². The maximum Gasteiger partial charge on any atom is -0.0189 e. The summed E-state index contributed by atoms with van der Waals surface area (Å²) < 4.78 is 0. The first-order valence-electron chi connectivity index (χ1n) is 2.83. The molecule has 0 aromatic rings. The molecule has 1 heteroatoms. The van der Waals surface area contributed by atoms with Crippen LogP contribution in [0.15, 0.2) is 23.2 Å². The molecule has 0 bridgehead atoms. The molecule has 0 saturated carbocycles. The highest BCUT2D eigenvalue weighted by Gasteiger charge is 1.67. The van der Waals surface area contributed by atoms with Gasteiger partial charge in [-0.3, -0.25) is 0 Å². The molecule has 0 nitrogen and oxygen atoms in total. The van der Waals surface area contributed by atoms with Crippen molar-refractivity contribution in [3.63, 3.8) is 0 Å². The minimum atomic E-state index is 1.18. The third-order valence-electron chi connectivity index (χ3n) is 0.775. The Balaban J connectivity index is 3.07. The zero-order valence-electron chi connectivity index (χ0n) is 5.10. The second-order valence-electron chi connectivity index (χ2n) is 1.54. The minimum absolute atomic E-state index is 1.18. The van der Waals surface area contributed by atoms with Gasteiger partial charge in [0, 0.05) is 0 Å². The largest absolute Gasteiger partial charge is 0.0845 e. The van der Waals surface area contributed by atoms with Gasteiger partial charge in [-0.1, -0.05) is 47.5 Å². The van der Waals surface area contributed by atoms with Gasteiger partial charge < -0.3 is 0 Å². The normalized spacial score (nSPS) is 11.8. The molecule has 46 valence electrons. The molecule has 0 spiro atoms. The van der Waals surface area contributed by atoms with E-state index < -0.39 is 0 Å². The van der Waals surface area contributed by atoms with E-state index in [2.05, 4.69) is 28.9 Å². The van der Waals surface area contributed by atoms with Crippen LogP contribution in [0.5, 0.6) is 0 Å². The van der Waals surface area contributed by atoms with Gasteiger partial charge in [-0.2, -0.15) is 0 Å². The van der Waals surface area contributed by atoms with E-state index in [-0.39, 0.29) is 0 Å². The fourth-order valence-electron chi connectivity index (χ4n) is 0.383. The minimum Gasteiger partial charge on any atom is -0.0845 e. The maximum absolute atomic E-state index is 3.17. The van der Waals surface area contributed by atoms with Crippen molar-refractivity contribution in [2.24, 2.45) is 0 Å². The van der Waals surface area contributed by atoms with Crippen molar-refractivity contribution < 1.29 is 0 Å². The average molecular weight is 175 g/mol. The highest BCUT2D eigenvalue weighted by molar-refractivity contribution is 9.11. The molecule has 0 amide bonds. The molecule has 0 aliphatic heterocycles. The number of unbranched alkanes of at least 4 members (excludes halogenated alkanes) is 1. The van der Waals surface area contributed by atoms with E-state index in [9.17, 15) is 0 Å². The Morgan fingerprint density at radius 2 is 2.12 bits per heavy atom. The lowest BCUT2D eigenvalue weighted by Gasteiger charge is -1.78. The summed E-state index contributed by atoms with van der Waals surface area (Å²) in [4.78, 5) is 1.85. The average Bonchev–Trinajstić information content (AvgIpc) is 1.81. The van der Waals surface area contributed by atoms with Crippen LogP contribution < -0.4 is 0 Å². The van der Waals surface area contributed by atoms with Gasteiger partial charge in [-0.05, 0) is 11.4 Å². The van der Waals surface area contributed by atoms with Crippen molar-refractivity contribution in [1.82, 2.24) is 0 Å². The van der Waals surface area contributed by atoms with Gasteiger partial charge in [0.15, 0.2) is 0 Å². The van der Waals surface area contributed by atoms with Crippen LogP contribution in [-0.2, 0) is 0 Å². The summed E-state index contributed by atoms with van der Waals surface area (Å²) in [6.45, 7) is 2.17. The van der Waals surface area contributed by atoms with Crippen molar-refractivity contribution in [1.29, 1.82) is 0 Å². The van der Waals surface area contributed by atoms with Crippen molar-refractivity contribution >= 4 is 15.9 Å². The highest BCUT2D eigenvalue weighted by atomic mass is 79.9. The van der Waals surface area contributed by atoms with E-state index in [1.54, 1.807) is 0 Å². The molecule has 0 fully saturated rings. The maximum atomic E-state index is 3.17. The summed E-state index contributed by atoms with van der Waals surface area (Å²) in [6, 6.07) is 0. The van der Waals surface area contributed by atoms with E-state index in [4.69, 9.17) is 0 Å². The van der Waals surface area contributed by atoms with Gasteiger partial charge in [0.2, 0.25) is 0 Å². The van der Waals surface area contributed by atoms with Crippen LogP contribution in [0, 0.1) is 0 Å². The van der Waals surface area contributed by atoms with Crippen LogP contribution in [0.25, 0.3) is 0 Å². The molecular formula is C7H11Br. The predicted molar refractivity (Wildman–Crippen MR) is 42.1 cm³/mol. The molecule has 8 heavy (non-hydrogen) atoms. The Morgan fingerprint density at radius 3 is 2.62 bits per heavy atom. The fourth-order valence-corrected chi connectivity index (χ4v) is 0.560. The molecular weight excluding hydrogens is 164 g/mol. The van der Waals surface area contributed by atoms with Crippen LogP contribution in [0.4, 0.5) is 0 Å². The SMILES string of the molecule is CCC/C=C/C=C/Br. The van der Waals surface area contributed by atoms with Crippen molar-refractivity contribution in [3.05, 3.63) is 23.2 Å². The quantitative estimate of drug-likeness (QED) is 0.577. The third-order valence-corrected chi connectivity index (χ3v) is 1.08. The van der Waals surface area contributed by atoms with Crippen LogP contribution >= 0.6 is 15.9 Å². The number of hydrogen-bond donors (Lipinski definition) is 0. The summed E-state index contributed by atoms with van der Waals surface area (Å²) in [6.07, 6.45) is 8.57. The summed E-state index contributed by atoms with van der Waals surface area (Å²) in [5.74, 6) is 0. The Kier molecular flexibility index (Phi) is 6.93. The lowest BCUT2D eigenvalue weighted by atomic mass is 10.3. The van der Waals surface area contributed by atoms with Crippen molar-refractivity contribution in [3.8, 4) is 0 Å². The van der Waals surface area contributed by atoms with E-state index in [0.717, 1.165) is 0 Å². The van der Waals surface area contributed by atoms with Crippen LogP contribution in [0.1, 0.15) is 19.8 Å². The standard InChI is InChI=1S/C7H11Br/c1-2-3-4-5-6-7-8/h4-7H,2-3H2,1H3/b5-4+,7-6+. The molecule has 0 unspecified atom stereocenters. The molecule has 0 aliphatic rings. The zero-order chi connectivity index (χ0) is 6.24. The lowest BCUT2D eigenvalue weighted by Crippen LogP contribution is -1.57. The predicted octanol–water partition coefficient (Wildman–Crippen LogP) is 3.25. The van der Waals surface area contributed by atoms with Gasteiger partial charge in [0.05, 0.1) is 0 Å². The van der Waals surface area contributed by atoms with Crippen molar-refractivity contribution in [2.75, 3.05) is 0 Å². The Labute approximate surface area is 59.4 Å². The first kappa shape index (κ1) is 7.96. The van der Waals surface area contributed by atoms with E-state index in [1.165, 1.54) is 12.8 Å². The smallest absolute Gasteiger partial charge is 0.0189 e. The Bertz CT molecular complexity index is 82.4. The Morgan fingerprint density at radius 1 is 1.38 bits per heavy atom. The molecule has 0 atom stereocenters. The van der Waals surface area contributed by atoms with E-state index in [1.807, 2.05) is 17.1 Å². The molecule has 0 heterocycles. The highest BCUT2D eigenvalue weighted by Crippen LogP contribution is 1.89. The van der Waals surface area contributed by atoms with Crippen molar-refractivity contribution in [2.45, 2.75) is 19.8 Å². The molecule has 0 rings (SSSR count). The molecule has 0 aromatic carbocycles. The summed E-state index contributed by atoms with van der Waals surface area (Å²) >= 11 is 3.17. The van der Waals surface area contributed by atoms with E-state index in [0.29, 0.717) is 0 Å². The summed E-state index contributed by atoms with van der Waals surface area (Å²) in [5.41, 5.74) is 0. The molecule has 0 radical (unpaired) electrons. The van der Waals surface area contributed by atoms with Gasteiger partial charge >= 0.3 is 0 Å². The second-order valence-corrected chi connectivity index (χ2v) is 2.06. The second kappa shape index (κ2) is 6.96. The van der Waals surface area contributed by atoms with Gasteiger partial charge in [-0.25, -0.2) is 0 Å². The van der Waals surface area contributed by atoms with E-state index >= 15 is 0 Å². The molecule has 0 aromatic heterocycles. The zero-order valence-corrected chi connectivity index (χ0v) is 6.69. The first-order chi connectivity index (χ1) is 3.91. The van der Waals surface area contributed by atoms with Gasteiger partial charge in [-0.15, -0.1) is 0 Å². The van der Waals surface area contributed by atoms with Crippen LogP contribution in [0.3, 0.4) is 0 Å². The third kappa shape index (κ3) is 5.96.